The topological polar surface area (TPSA) is 68.5 Å². The zero-order valence-corrected chi connectivity index (χ0v) is 11.6. The molecule has 1 aromatic heterocycles. The molecule has 1 amide bonds. The van der Waals surface area contributed by atoms with Crippen LogP contribution in [0.2, 0.25) is 0 Å². The number of hydrogen-bond donors (Lipinski definition) is 1. The molecule has 108 valence electrons. The Morgan fingerprint density at radius 1 is 1.29 bits per heavy atom. The number of benzene rings is 1. The van der Waals surface area contributed by atoms with Crippen LogP contribution in [-0.4, -0.2) is 24.0 Å². The minimum absolute atomic E-state index is 0.112. The van der Waals surface area contributed by atoms with Gasteiger partial charge in [0.15, 0.2) is 0 Å². The lowest BCUT2D eigenvalue weighted by atomic mass is 10.1. The van der Waals surface area contributed by atoms with Crippen LogP contribution in [-0.2, 0) is 4.79 Å². The number of nitrogens with zero attached hydrogens (tertiary/aromatic N) is 2. The Labute approximate surface area is 123 Å². The number of anilines is 1. The second kappa shape index (κ2) is 5.93. The molecule has 5 nitrogen and oxygen atoms in total. The van der Waals surface area contributed by atoms with Gasteiger partial charge < -0.3 is 15.4 Å². The predicted octanol–water partition coefficient (Wildman–Crippen LogP) is 2.19. The number of rotatable bonds is 4. The number of carbonyl (C=O) groups is 1. The van der Waals surface area contributed by atoms with Gasteiger partial charge >= 0.3 is 0 Å². The van der Waals surface area contributed by atoms with E-state index in [0.29, 0.717) is 31.1 Å². The normalized spacial score (nSPS) is 18.0. The van der Waals surface area contributed by atoms with E-state index >= 15 is 0 Å². The molecule has 1 saturated heterocycles. The fraction of sp³-hybridized carbons (Fsp3) is 0.250. The third kappa shape index (κ3) is 3.03. The Kier molecular flexibility index (Phi) is 3.83. The van der Waals surface area contributed by atoms with E-state index < -0.39 is 0 Å². The molecule has 0 spiro atoms. The largest absolute Gasteiger partial charge is 0.439 e. The lowest BCUT2D eigenvalue weighted by molar-refractivity contribution is -0.117. The van der Waals surface area contributed by atoms with Crippen LogP contribution in [0, 0.1) is 5.92 Å². The summed E-state index contributed by atoms with van der Waals surface area (Å²) in [6.07, 6.45) is 2.19. The van der Waals surface area contributed by atoms with Crippen molar-refractivity contribution in [2.24, 2.45) is 11.7 Å². The number of amides is 1. The van der Waals surface area contributed by atoms with Gasteiger partial charge in [-0.25, -0.2) is 4.98 Å². The van der Waals surface area contributed by atoms with Gasteiger partial charge in [-0.3, -0.25) is 4.79 Å². The number of hydrogen-bond acceptors (Lipinski definition) is 4. The monoisotopic (exact) mass is 283 g/mol. The molecule has 1 aromatic carbocycles. The standard InChI is InChI=1S/C16H17N3O2/c17-10-12-8-16(20)19(11-12)13-4-3-5-14(9-13)21-15-6-1-2-7-18-15/h1-7,9,12H,8,10-11,17H2. The molecule has 0 saturated carbocycles. The number of carbonyl (C=O) groups excluding carboxylic acids is 1. The lowest BCUT2D eigenvalue weighted by Gasteiger charge is -2.17. The van der Waals surface area contributed by atoms with Crippen molar-refractivity contribution in [1.82, 2.24) is 4.98 Å². The minimum atomic E-state index is 0.112. The second-order valence-corrected chi connectivity index (χ2v) is 5.08. The first-order chi connectivity index (χ1) is 10.3. The fourth-order valence-corrected chi connectivity index (χ4v) is 2.43. The molecule has 1 atom stereocenters. The van der Waals surface area contributed by atoms with Gasteiger partial charge in [-0.2, -0.15) is 0 Å². The Hall–Kier alpha value is -2.40. The van der Waals surface area contributed by atoms with Gasteiger partial charge in [0.05, 0.1) is 0 Å². The Morgan fingerprint density at radius 3 is 2.90 bits per heavy atom. The zero-order valence-electron chi connectivity index (χ0n) is 11.6. The van der Waals surface area contributed by atoms with E-state index in [-0.39, 0.29) is 11.8 Å². The molecule has 1 fully saturated rings. The molecule has 2 N–H and O–H groups in total. The van der Waals surface area contributed by atoms with E-state index in [4.69, 9.17) is 10.5 Å². The van der Waals surface area contributed by atoms with Crippen LogP contribution in [0.3, 0.4) is 0 Å². The van der Waals surface area contributed by atoms with Crippen LogP contribution in [0.4, 0.5) is 5.69 Å². The summed E-state index contributed by atoms with van der Waals surface area (Å²) in [6, 6.07) is 13.0. The summed E-state index contributed by atoms with van der Waals surface area (Å²) in [5, 5.41) is 0. The quantitative estimate of drug-likeness (QED) is 0.934. The summed E-state index contributed by atoms with van der Waals surface area (Å²) in [4.78, 5) is 17.9. The van der Waals surface area contributed by atoms with Gasteiger partial charge in [-0.05, 0) is 30.7 Å². The van der Waals surface area contributed by atoms with E-state index in [2.05, 4.69) is 4.98 Å². The molecule has 1 unspecified atom stereocenters. The smallest absolute Gasteiger partial charge is 0.227 e. The van der Waals surface area contributed by atoms with Crippen LogP contribution >= 0.6 is 0 Å². The summed E-state index contributed by atoms with van der Waals surface area (Å²) in [7, 11) is 0. The number of nitrogens with two attached hydrogens (primary N) is 1. The highest BCUT2D eigenvalue weighted by atomic mass is 16.5. The molecule has 5 heteroatoms. The number of ether oxygens (including phenoxy) is 1. The van der Waals surface area contributed by atoms with E-state index in [9.17, 15) is 4.79 Å². The summed E-state index contributed by atoms with van der Waals surface area (Å²) in [6.45, 7) is 1.20. The molecule has 2 aromatic rings. The summed E-state index contributed by atoms with van der Waals surface area (Å²) < 4.78 is 5.69. The molecular formula is C16H17N3O2. The first-order valence-electron chi connectivity index (χ1n) is 6.95. The number of pyridine rings is 1. The molecule has 21 heavy (non-hydrogen) atoms. The summed E-state index contributed by atoms with van der Waals surface area (Å²) in [5.74, 6) is 1.54. The Bertz CT molecular complexity index is 630. The summed E-state index contributed by atoms with van der Waals surface area (Å²) in [5.41, 5.74) is 6.49. The third-order valence-electron chi connectivity index (χ3n) is 3.53. The highest BCUT2D eigenvalue weighted by Crippen LogP contribution is 2.29. The maximum absolute atomic E-state index is 12.0. The minimum Gasteiger partial charge on any atom is -0.439 e. The second-order valence-electron chi connectivity index (χ2n) is 5.08. The van der Waals surface area contributed by atoms with Gasteiger partial charge in [0.25, 0.3) is 0 Å². The zero-order chi connectivity index (χ0) is 14.7. The van der Waals surface area contributed by atoms with Crippen molar-refractivity contribution in [2.75, 3.05) is 18.0 Å². The van der Waals surface area contributed by atoms with Gasteiger partial charge in [0.2, 0.25) is 11.8 Å². The maximum Gasteiger partial charge on any atom is 0.227 e. The van der Waals surface area contributed by atoms with Crippen molar-refractivity contribution in [3.05, 3.63) is 48.7 Å². The lowest BCUT2D eigenvalue weighted by Crippen LogP contribution is -2.25. The van der Waals surface area contributed by atoms with Crippen molar-refractivity contribution in [1.29, 1.82) is 0 Å². The molecular weight excluding hydrogens is 266 g/mol. The van der Waals surface area contributed by atoms with Gasteiger partial charge in [-0.15, -0.1) is 0 Å². The number of aromatic nitrogens is 1. The molecule has 1 aliphatic rings. The van der Waals surface area contributed by atoms with Gasteiger partial charge in [0.1, 0.15) is 5.75 Å². The molecule has 2 heterocycles. The van der Waals surface area contributed by atoms with E-state index in [1.807, 2.05) is 36.4 Å². The van der Waals surface area contributed by atoms with Crippen molar-refractivity contribution in [2.45, 2.75) is 6.42 Å². The molecule has 3 rings (SSSR count). The van der Waals surface area contributed by atoms with Crippen LogP contribution in [0.1, 0.15) is 6.42 Å². The van der Waals surface area contributed by atoms with Crippen LogP contribution in [0.5, 0.6) is 11.6 Å². The van der Waals surface area contributed by atoms with Crippen LogP contribution in [0.25, 0.3) is 0 Å². The Balaban J connectivity index is 1.79. The highest BCUT2D eigenvalue weighted by molar-refractivity contribution is 5.95. The third-order valence-corrected chi connectivity index (χ3v) is 3.53. The average molecular weight is 283 g/mol. The Morgan fingerprint density at radius 2 is 2.19 bits per heavy atom. The first kappa shape index (κ1) is 13.6. The SMILES string of the molecule is NCC1CC(=O)N(c2cccc(Oc3ccccn3)c2)C1. The molecule has 1 aliphatic heterocycles. The first-order valence-corrected chi connectivity index (χ1v) is 6.95. The predicted molar refractivity (Wildman–Crippen MR) is 80.3 cm³/mol. The maximum atomic E-state index is 12.0. The van der Waals surface area contributed by atoms with Gasteiger partial charge in [0, 0.05) is 37.0 Å². The van der Waals surface area contributed by atoms with E-state index in [1.165, 1.54) is 0 Å². The van der Waals surface area contributed by atoms with Crippen molar-refractivity contribution >= 4 is 11.6 Å². The molecule has 0 bridgehead atoms. The summed E-state index contributed by atoms with van der Waals surface area (Å²) >= 11 is 0. The fourth-order valence-electron chi connectivity index (χ4n) is 2.43. The van der Waals surface area contributed by atoms with E-state index in [0.717, 1.165) is 5.69 Å². The van der Waals surface area contributed by atoms with Crippen LogP contribution < -0.4 is 15.4 Å². The highest BCUT2D eigenvalue weighted by Gasteiger charge is 2.29. The molecule has 0 radical (unpaired) electrons. The van der Waals surface area contributed by atoms with E-state index in [1.54, 1.807) is 17.2 Å². The average Bonchev–Trinajstić information content (AvgIpc) is 2.90. The van der Waals surface area contributed by atoms with Crippen molar-refractivity contribution < 1.29 is 9.53 Å². The van der Waals surface area contributed by atoms with Gasteiger partial charge in [-0.1, -0.05) is 12.1 Å². The van der Waals surface area contributed by atoms with Crippen molar-refractivity contribution in [3.63, 3.8) is 0 Å². The molecule has 0 aliphatic carbocycles. The van der Waals surface area contributed by atoms with Crippen molar-refractivity contribution in [3.8, 4) is 11.6 Å². The van der Waals surface area contributed by atoms with Crippen LogP contribution in [0.15, 0.2) is 48.7 Å².